The molecule has 0 atom stereocenters. The maximum Gasteiger partial charge on any atom is 0.282 e. The van der Waals surface area contributed by atoms with E-state index in [0.29, 0.717) is 47.5 Å². The number of hydrazine groups is 1. The minimum Gasteiger partial charge on any atom is -0.493 e. The lowest BCUT2D eigenvalue weighted by Crippen LogP contribution is -2.35. The highest BCUT2D eigenvalue weighted by Crippen LogP contribution is 2.31. The van der Waals surface area contributed by atoms with Crippen LogP contribution in [0.2, 0.25) is 0 Å². The van der Waals surface area contributed by atoms with Crippen LogP contribution in [0.25, 0.3) is 6.08 Å². The molecule has 0 saturated carbocycles. The van der Waals surface area contributed by atoms with Gasteiger partial charge in [0.1, 0.15) is 18.8 Å². The molecule has 0 unspecified atom stereocenters. The van der Waals surface area contributed by atoms with E-state index in [1.165, 1.54) is 11.1 Å². The molecule has 1 fully saturated rings. The first-order chi connectivity index (χ1) is 18.5. The first kappa shape index (κ1) is 26.3. The number of methoxy groups -OCH3 is 1. The molecule has 1 heterocycles. The second-order valence-corrected chi connectivity index (χ2v) is 8.29. The van der Waals surface area contributed by atoms with Crippen LogP contribution in [0, 0.1) is 0 Å². The molecule has 0 radical (unpaired) electrons. The zero-order valence-electron chi connectivity index (χ0n) is 21.4. The first-order valence-corrected chi connectivity index (χ1v) is 12.3. The number of anilines is 1. The second-order valence-electron chi connectivity index (χ2n) is 8.29. The number of nitrogens with zero attached hydrogens (tertiary/aromatic N) is 1. The van der Waals surface area contributed by atoms with Crippen molar-refractivity contribution in [1.82, 2.24) is 5.43 Å². The Labute approximate surface area is 222 Å². The number of carbonyl (C=O) groups is 2. The predicted octanol–water partition coefficient (Wildman–Crippen LogP) is 4.74. The van der Waals surface area contributed by atoms with Crippen molar-refractivity contribution in [3.05, 3.63) is 96.1 Å². The van der Waals surface area contributed by atoms with Crippen molar-refractivity contribution in [1.29, 1.82) is 0 Å². The average molecular weight is 515 g/mol. The van der Waals surface area contributed by atoms with Crippen molar-refractivity contribution in [3.8, 4) is 23.0 Å². The van der Waals surface area contributed by atoms with Crippen LogP contribution in [-0.4, -0.2) is 38.7 Å². The summed E-state index contributed by atoms with van der Waals surface area (Å²) in [5.41, 5.74) is 4.94. The van der Waals surface area contributed by atoms with Gasteiger partial charge in [-0.2, -0.15) is 0 Å². The highest BCUT2D eigenvalue weighted by Gasteiger charge is 2.34. The van der Waals surface area contributed by atoms with Gasteiger partial charge in [-0.05, 0) is 66.9 Å². The summed E-state index contributed by atoms with van der Waals surface area (Å²) in [6.45, 7) is 6.60. The van der Waals surface area contributed by atoms with Crippen molar-refractivity contribution < 1.29 is 28.5 Å². The van der Waals surface area contributed by atoms with Gasteiger partial charge >= 0.3 is 0 Å². The molecule has 196 valence electrons. The smallest absolute Gasteiger partial charge is 0.282 e. The Morgan fingerprint density at radius 2 is 1.58 bits per heavy atom. The third-order valence-corrected chi connectivity index (χ3v) is 5.69. The molecule has 38 heavy (non-hydrogen) atoms. The van der Waals surface area contributed by atoms with Gasteiger partial charge in [-0.1, -0.05) is 36.4 Å². The highest BCUT2D eigenvalue weighted by molar-refractivity contribution is 6.31. The number of ether oxygens (including phenoxy) is 4. The van der Waals surface area contributed by atoms with Crippen LogP contribution in [0.4, 0.5) is 5.69 Å². The van der Waals surface area contributed by atoms with Gasteiger partial charge in [0.05, 0.1) is 19.4 Å². The summed E-state index contributed by atoms with van der Waals surface area (Å²) >= 11 is 0. The third-order valence-electron chi connectivity index (χ3n) is 5.69. The number of hydrogen-bond donors (Lipinski definition) is 1. The van der Waals surface area contributed by atoms with Crippen LogP contribution in [0.3, 0.4) is 0 Å². The van der Waals surface area contributed by atoms with Gasteiger partial charge in [0.2, 0.25) is 0 Å². The Kier molecular flexibility index (Phi) is 8.66. The number of hydrogen-bond acceptors (Lipinski definition) is 6. The van der Waals surface area contributed by atoms with Crippen molar-refractivity contribution >= 4 is 23.6 Å². The molecule has 0 spiro atoms. The van der Waals surface area contributed by atoms with E-state index in [1.54, 1.807) is 49.6 Å². The van der Waals surface area contributed by atoms with Crippen molar-refractivity contribution in [3.63, 3.8) is 0 Å². The van der Waals surface area contributed by atoms with Crippen LogP contribution in [0.1, 0.15) is 18.1 Å². The zero-order chi connectivity index (χ0) is 26.9. The molecule has 0 aromatic heterocycles. The van der Waals surface area contributed by atoms with Gasteiger partial charge in [0.15, 0.2) is 23.0 Å². The number of para-hydroxylation sites is 1. The summed E-state index contributed by atoms with van der Waals surface area (Å²) in [7, 11) is 1.60. The summed E-state index contributed by atoms with van der Waals surface area (Å²) in [5.74, 6) is 1.40. The van der Waals surface area contributed by atoms with E-state index in [2.05, 4.69) is 12.0 Å². The highest BCUT2D eigenvalue weighted by atomic mass is 16.5. The second kappa shape index (κ2) is 12.5. The van der Waals surface area contributed by atoms with Gasteiger partial charge in [-0.15, -0.1) is 6.58 Å². The summed E-state index contributed by atoms with van der Waals surface area (Å²) < 4.78 is 23.0. The van der Waals surface area contributed by atoms with E-state index in [-0.39, 0.29) is 12.2 Å². The molecule has 2 amide bonds. The lowest BCUT2D eigenvalue weighted by atomic mass is 10.1. The Morgan fingerprint density at radius 1 is 0.868 bits per heavy atom. The predicted molar refractivity (Wildman–Crippen MR) is 146 cm³/mol. The van der Waals surface area contributed by atoms with E-state index in [9.17, 15) is 9.59 Å². The first-order valence-electron chi connectivity index (χ1n) is 12.3. The Hall–Kier alpha value is -4.72. The fourth-order valence-electron chi connectivity index (χ4n) is 3.91. The maximum absolute atomic E-state index is 12.9. The molecule has 8 heteroatoms. The van der Waals surface area contributed by atoms with Crippen LogP contribution in [-0.2, 0) is 16.0 Å². The largest absolute Gasteiger partial charge is 0.493 e. The fourth-order valence-corrected chi connectivity index (χ4v) is 3.91. The Morgan fingerprint density at radius 3 is 2.26 bits per heavy atom. The van der Waals surface area contributed by atoms with Crippen LogP contribution >= 0.6 is 0 Å². The fraction of sp³-hybridized carbons (Fsp3) is 0.200. The SMILES string of the molecule is C=CCc1ccc(OCCOc2ccc(/C=C3/C(=O)NN(c4ccccc4)C3=O)cc2OCC)c(OC)c1. The molecule has 1 saturated heterocycles. The summed E-state index contributed by atoms with van der Waals surface area (Å²) in [4.78, 5) is 25.4. The quantitative estimate of drug-likeness (QED) is 0.163. The van der Waals surface area contributed by atoms with E-state index in [0.717, 1.165) is 12.0 Å². The number of allylic oxidation sites excluding steroid dienone is 1. The summed E-state index contributed by atoms with van der Waals surface area (Å²) in [6, 6.07) is 19.9. The molecule has 8 nitrogen and oxygen atoms in total. The number of rotatable bonds is 12. The average Bonchev–Trinajstić information content (AvgIpc) is 3.21. The minimum absolute atomic E-state index is 0.0337. The molecule has 0 bridgehead atoms. The van der Waals surface area contributed by atoms with Crippen molar-refractivity contribution in [2.75, 3.05) is 31.9 Å². The lowest BCUT2D eigenvalue weighted by molar-refractivity contribution is -0.117. The van der Waals surface area contributed by atoms with E-state index >= 15 is 0 Å². The Balaban J connectivity index is 1.42. The van der Waals surface area contributed by atoms with Gasteiger partial charge in [0.25, 0.3) is 11.8 Å². The molecule has 3 aromatic carbocycles. The minimum atomic E-state index is -0.470. The van der Waals surface area contributed by atoms with Crippen LogP contribution < -0.4 is 29.4 Å². The van der Waals surface area contributed by atoms with E-state index in [1.807, 2.05) is 37.3 Å². The number of amides is 2. The third kappa shape index (κ3) is 6.15. The zero-order valence-corrected chi connectivity index (χ0v) is 21.4. The molecule has 1 aliphatic rings. The standard InChI is InChI=1S/C30H30N2O6/c1-4-9-21-12-14-25(27(19-21)35-3)37-16-17-38-26-15-13-22(20-28(26)36-5-2)18-24-29(33)31-32(30(24)34)23-10-7-6-8-11-23/h4,6-8,10-15,18-20H,1,5,9,16-17H2,2-3H3,(H,31,33)/b24-18-. The van der Waals surface area contributed by atoms with Crippen molar-refractivity contribution in [2.45, 2.75) is 13.3 Å². The van der Waals surface area contributed by atoms with Crippen LogP contribution in [0.15, 0.2) is 85.0 Å². The summed E-state index contributed by atoms with van der Waals surface area (Å²) in [6.07, 6.45) is 4.12. The number of carbonyl (C=O) groups excluding carboxylic acids is 2. The number of benzene rings is 3. The molecule has 3 aromatic rings. The Bertz CT molecular complexity index is 1340. The van der Waals surface area contributed by atoms with Crippen molar-refractivity contribution in [2.24, 2.45) is 0 Å². The monoisotopic (exact) mass is 514 g/mol. The van der Waals surface area contributed by atoms with Gasteiger partial charge in [-0.3, -0.25) is 15.0 Å². The number of nitrogens with one attached hydrogen (secondary N) is 1. The molecular formula is C30H30N2O6. The lowest BCUT2D eigenvalue weighted by Gasteiger charge is -2.15. The van der Waals surface area contributed by atoms with Gasteiger partial charge in [-0.25, -0.2) is 5.01 Å². The summed E-state index contributed by atoms with van der Waals surface area (Å²) in [5, 5.41) is 1.23. The van der Waals surface area contributed by atoms with Crippen LogP contribution in [0.5, 0.6) is 23.0 Å². The van der Waals surface area contributed by atoms with E-state index < -0.39 is 11.8 Å². The van der Waals surface area contributed by atoms with Gasteiger partial charge < -0.3 is 18.9 Å². The molecular weight excluding hydrogens is 484 g/mol. The normalized spacial score (nSPS) is 13.8. The topological polar surface area (TPSA) is 86.3 Å². The molecule has 4 rings (SSSR count). The maximum atomic E-state index is 12.9. The van der Waals surface area contributed by atoms with E-state index in [4.69, 9.17) is 18.9 Å². The van der Waals surface area contributed by atoms with Gasteiger partial charge in [0, 0.05) is 0 Å². The molecule has 0 aliphatic carbocycles. The molecule has 1 N–H and O–H groups in total. The molecule has 1 aliphatic heterocycles.